The summed E-state index contributed by atoms with van der Waals surface area (Å²) in [5.74, 6) is -0.128. The Morgan fingerprint density at radius 2 is 1.96 bits per heavy atom. The summed E-state index contributed by atoms with van der Waals surface area (Å²) in [6.45, 7) is 5.13. The number of ether oxygens (including phenoxy) is 1. The minimum atomic E-state index is -0.513. The van der Waals surface area contributed by atoms with Crippen molar-refractivity contribution in [1.29, 1.82) is 0 Å². The lowest BCUT2D eigenvalue weighted by Gasteiger charge is -2.25. The lowest BCUT2D eigenvalue weighted by molar-refractivity contribution is -0.117. The molecule has 3 rings (SSSR count). The lowest BCUT2D eigenvalue weighted by Crippen LogP contribution is -2.36. The topological polar surface area (TPSA) is 101 Å². The van der Waals surface area contributed by atoms with E-state index in [1.54, 1.807) is 31.2 Å². The first-order valence-electron chi connectivity index (χ1n) is 9.00. The molecule has 1 aliphatic rings. The molecule has 0 aliphatic carbocycles. The predicted molar refractivity (Wildman–Crippen MR) is 107 cm³/mol. The number of hydrogen-bond donors (Lipinski definition) is 2. The summed E-state index contributed by atoms with van der Waals surface area (Å²) in [5, 5.41) is 5.99. The van der Waals surface area contributed by atoms with Crippen LogP contribution in [-0.4, -0.2) is 47.4 Å². The van der Waals surface area contributed by atoms with Crippen molar-refractivity contribution in [2.45, 2.75) is 26.8 Å². The van der Waals surface area contributed by atoms with Gasteiger partial charge in [-0.25, -0.2) is 9.78 Å². The molecular formula is C19H22N4O4S. The average Bonchev–Trinajstić information content (AvgIpc) is 3.03. The first-order chi connectivity index (χ1) is 13.4. The number of ketones is 1. The quantitative estimate of drug-likeness (QED) is 0.721. The molecule has 2 heterocycles. The number of carbonyl (C=O) groups is 3. The number of rotatable bonds is 6. The minimum Gasteiger partial charge on any atom is -0.450 e. The van der Waals surface area contributed by atoms with Crippen molar-refractivity contribution in [2.24, 2.45) is 0 Å². The van der Waals surface area contributed by atoms with Crippen LogP contribution in [0, 0.1) is 0 Å². The summed E-state index contributed by atoms with van der Waals surface area (Å²) in [4.78, 5) is 42.7. The van der Waals surface area contributed by atoms with Gasteiger partial charge in [0, 0.05) is 35.6 Å². The SMILES string of the molecule is CCOC(=O)Nc1nc2c(s1)CN(CC(=O)Nc1ccc(C(C)=O)cc1)CC2. The fourth-order valence-corrected chi connectivity index (χ4v) is 3.92. The van der Waals surface area contributed by atoms with E-state index < -0.39 is 6.09 Å². The molecule has 0 radical (unpaired) electrons. The summed E-state index contributed by atoms with van der Waals surface area (Å²) < 4.78 is 4.86. The molecule has 2 amide bonds. The summed E-state index contributed by atoms with van der Waals surface area (Å²) in [5.41, 5.74) is 2.22. The van der Waals surface area contributed by atoms with Gasteiger partial charge in [-0.2, -0.15) is 0 Å². The number of anilines is 2. The van der Waals surface area contributed by atoms with E-state index in [4.69, 9.17) is 4.74 Å². The van der Waals surface area contributed by atoms with Crippen LogP contribution in [0.25, 0.3) is 0 Å². The van der Waals surface area contributed by atoms with E-state index in [9.17, 15) is 14.4 Å². The maximum atomic E-state index is 12.3. The van der Waals surface area contributed by atoms with Gasteiger partial charge in [0.05, 0.1) is 18.8 Å². The third-order valence-electron chi connectivity index (χ3n) is 4.24. The zero-order chi connectivity index (χ0) is 20.1. The van der Waals surface area contributed by atoms with Gasteiger partial charge in [-0.3, -0.25) is 19.8 Å². The smallest absolute Gasteiger partial charge is 0.413 e. The Hall–Kier alpha value is -2.78. The van der Waals surface area contributed by atoms with Crippen LogP contribution < -0.4 is 10.6 Å². The molecule has 9 heteroatoms. The fraction of sp³-hybridized carbons (Fsp3) is 0.368. The standard InChI is InChI=1S/C19H22N4O4S/c1-3-27-19(26)22-18-21-15-8-9-23(10-16(15)28-18)11-17(25)20-14-6-4-13(5-7-14)12(2)24/h4-7H,3,8-11H2,1-2H3,(H,20,25)(H,21,22,26). The molecule has 1 aromatic carbocycles. The van der Waals surface area contributed by atoms with E-state index in [0.29, 0.717) is 36.1 Å². The second-order valence-corrected chi connectivity index (χ2v) is 7.46. The van der Waals surface area contributed by atoms with Crippen molar-refractivity contribution in [3.05, 3.63) is 40.4 Å². The van der Waals surface area contributed by atoms with Crippen LogP contribution in [0.1, 0.15) is 34.8 Å². The molecule has 28 heavy (non-hydrogen) atoms. The van der Waals surface area contributed by atoms with E-state index in [1.165, 1.54) is 18.3 Å². The lowest BCUT2D eigenvalue weighted by atomic mass is 10.1. The first kappa shape index (κ1) is 20.0. The molecule has 0 saturated carbocycles. The molecule has 0 unspecified atom stereocenters. The Balaban J connectivity index is 1.53. The number of aromatic nitrogens is 1. The van der Waals surface area contributed by atoms with Crippen LogP contribution in [0.2, 0.25) is 0 Å². The van der Waals surface area contributed by atoms with Crippen LogP contribution in [0.15, 0.2) is 24.3 Å². The number of fused-ring (bicyclic) bond motifs is 1. The predicted octanol–water partition coefficient (Wildman–Crippen LogP) is 2.91. The average molecular weight is 402 g/mol. The second kappa shape index (κ2) is 8.94. The molecule has 0 atom stereocenters. The number of nitrogens with one attached hydrogen (secondary N) is 2. The van der Waals surface area contributed by atoms with Crippen LogP contribution in [0.4, 0.5) is 15.6 Å². The number of amides is 2. The van der Waals surface area contributed by atoms with Gasteiger partial charge in [0.15, 0.2) is 10.9 Å². The normalized spacial score (nSPS) is 13.5. The molecule has 0 bridgehead atoms. The third kappa shape index (κ3) is 5.14. The highest BCUT2D eigenvalue weighted by molar-refractivity contribution is 7.15. The van der Waals surface area contributed by atoms with Gasteiger partial charge >= 0.3 is 6.09 Å². The maximum absolute atomic E-state index is 12.3. The molecule has 2 N–H and O–H groups in total. The van der Waals surface area contributed by atoms with Gasteiger partial charge in [0.1, 0.15) is 0 Å². The Morgan fingerprint density at radius 1 is 1.21 bits per heavy atom. The first-order valence-corrected chi connectivity index (χ1v) is 9.81. The van der Waals surface area contributed by atoms with Crippen molar-refractivity contribution in [3.63, 3.8) is 0 Å². The highest BCUT2D eigenvalue weighted by Gasteiger charge is 2.23. The molecule has 0 fully saturated rings. The zero-order valence-electron chi connectivity index (χ0n) is 15.8. The molecule has 148 valence electrons. The van der Waals surface area contributed by atoms with Gasteiger partial charge in [-0.15, -0.1) is 0 Å². The zero-order valence-corrected chi connectivity index (χ0v) is 16.6. The molecule has 2 aromatic rings. The van der Waals surface area contributed by atoms with Crippen LogP contribution in [-0.2, 0) is 22.5 Å². The number of benzene rings is 1. The van der Waals surface area contributed by atoms with Gasteiger partial charge in [-0.1, -0.05) is 11.3 Å². The highest BCUT2D eigenvalue weighted by Crippen LogP contribution is 2.28. The third-order valence-corrected chi connectivity index (χ3v) is 5.23. The van der Waals surface area contributed by atoms with Crippen LogP contribution >= 0.6 is 11.3 Å². The van der Waals surface area contributed by atoms with Crippen LogP contribution in [0.5, 0.6) is 0 Å². The Morgan fingerprint density at radius 3 is 2.64 bits per heavy atom. The van der Waals surface area contributed by atoms with Gasteiger partial charge < -0.3 is 10.1 Å². The fourth-order valence-electron chi connectivity index (χ4n) is 2.88. The number of carbonyl (C=O) groups excluding carboxylic acids is 3. The van der Waals surface area contributed by atoms with E-state index in [-0.39, 0.29) is 18.2 Å². The minimum absolute atomic E-state index is 0.0108. The van der Waals surface area contributed by atoms with E-state index >= 15 is 0 Å². The monoisotopic (exact) mass is 402 g/mol. The van der Waals surface area contributed by atoms with Crippen molar-refractivity contribution < 1.29 is 19.1 Å². The van der Waals surface area contributed by atoms with Crippen molar-refractivity contribution in [1.82, 2.24) is 9.88 Å². The van der Waals surface area contributed by atoms with Gasteiger partial charge in [-0.05, 0) is 38.1 Å². The summed E-state index contributed by atoms with van der Waals surface area (Å²) in [6.07, 6.45) is 0.206. The summed E-state index contributed by atoms with van der Waals surface area (Å²) in [7, 11) is 0. The van der Waals surface area contributed by atoms with E-state index in [1.807, 2.05) is 4.90 Å². The molecule has 0 spiro atoms. The number of Topliss-reactive ketones (excluding diaryl/α,β-unsaturated/α-hetero) is 1. The van der Waals surface area contributed by atoms with Crippen molar-refractivity contribution >= 4 is 39.9 Å². The summed E-state index contributed by atoms with van der Waals surface area (Å²) >= 11 is 1.40. The van der Waals surface area contributed by atoms with E-state index in [2.05, 4.69) is 15.6 Å². The molecule has 1 aliphatic heterocycles. The van der Waals surface area contributed by atoms with Crippen molar-refractivity contribution in [3.8, 4) is 0 Å². The highest BCUT2D eigenvalue weighted by atomic mass is 32.1. The van der Waals surface area contributed by atoms with Gasteiger partial charge in [0.25, 0.3) is 0 Å². The maximum Gasteiger partial charge on any atom is 0.413 e. The summed E-state index contributed by atoms with van der Waals surface area (Å²) in [6, 6.07) is 6.83. The Bertz CT molecular complexity index is 879. The largest absolute Gasteiger partial charge is 0.450 e. The van der Waals surface area contributed by atoms with Crippen LogP contribution in [0.3, 0.4) is 0 Å². The van der Waals surface area contributed by atoms with Gasteiger partial charge in [0.2, 0.25) is 5.91 Å². The molecule has 0 saturated heterocycles. The second-order valence-electron chi connectivity index (χ2n) is 6.38. The van der Waals surface area contributed by atoms with Crippen molar-refractivity contribution in [2.75, 3.05) is 30.3 Å². The molecule has 1 aromatic heterocycles. The van der Waals surface area contributed by atoms with E-state index in [0.717, 1.165) is 17.0 Å². The Labute approximate surface area is 166 Å². The molecule has 8 nitrogen and oxygen atoms in total. The number of thiazole rings is 1. The number of hydrogen-bond acceptors (Lipinski definition) is 7. The number of nitrogens with zero attached hydrogens (tertiary/aromatic N) is 2. The Kier molecular flexibility index (Phi) is 6.37. The molecular weight excluding hydrogens is 380 g/mol.